The number of pyridine rings is 1. The summed E-state index contributed by atoms with van der Waals surface area (Å²) in [4.78, 5) is 22.0. The molecule has 7 heteroatoms. The molecule has 6 nitrogen and oxygen atoms in total. The first-order valence-corrected chi connectivity index (χ1v) is 4.43. The Hall–Kier alpha value is -1.82. The molecule has 0 amide bonds. The number of rotatable bonds is 2. The molecule has 0 unspecified atom stereocenters. The number of aromatic nitrogens is 3. The van der Waals surface area contributed by atoms with E-state index >= 15 is 0 Å². The van der Waals surface area contributed by atoms with Gasteiger partial charge in [0.15, 0.2) is 5.65 Å². The number of hydrogen-bond acceptors (Lipinski definition) is 3. The van der Waals surface area contributed by atoms with Gasteiger partial charge in [-0.2, -0.15) is 0 Å². The highest BCUT2D eigenvalue weighted by Gasteiger charge is 2.11. The molecule has 0 bridgehead atoms. The number of aliphatic carboxylic acids is 1. The molecule has 0 aliphatic carbocycles. The van der Waals surface area contributed by atoms with E-state index in [4.69, 9.17) is 16.7 Å². The van der Waals surface area contributed by atoms with Gasteiger partial charge in [-0.15, -0.1) is 5.10 Å². The van der Waals surface area contributed by atoms with Crippen LogP contribution in [0.2, 0.25) is 5.02 Å². The van der Waals surface area contributed by atoms with Gasteiger partial charge in [0, 0.05) is 6.20 Å². The average molecular weight is 228 g/mol. The highest BCUT2D eigenvalue weighted by Crippen LogP contribution is 2.12. The van der Waals surface area contributed by atoms with Crippen LogP contribution in [-0.4, -0.2) is 25.3 Å². The maximum Gasteiger partial charge on any atom is 0.350 e. The first kappa shape index (κ1) is 9.72. The smallest absolute Gasteiger partial charge is 0.350 e. The summed E-state index contributed by atoms with van der Waals surface area (Å²) in [5.74, 6) is -1.13. The molecule has 0 saturated heterocycles. The molecule has 78 valence electrons. The lowest BCUT2D eigenvalue weighted by atomic mass is 10.5. The highest BCUT2D eigenvalue weighted by molar-refractivity contribution is 6.33. The second-order valence-corrected chi connectivity index (χ2v) is 3.29. The topological polar surface area (TPSA) is 76.6 Å². The zero-order valence-corrected chi connectivity index (χ0v) is 8.18. The van der Waals surface area contributed by atoms with Gasteiger partial charge < -0.3 is 5.11 Å². The molecular formula is C8H6ClN3O3. The minimum atomic E-state index is -1.13. The third-order valence-electron chi connectivity index (χ3n) is 1.85. The quantitative estimate of drug-likeness (QED) is 0.797. The summed E-state index contributed by atoms with van der Waals surface area (Å²) < 4.78 is 2.05. The molecule has 1 N–H and O–H groups in total. The fourth-order valence-electron chi connectivity index (χ4n) is 1.24. The van der Waals surface area contributed by atoms with Crippen molar-refractivity contribution in [2.24, 2.45) is 0 Å². The second-order valence-electron chi connectivity index (χ2n) is 2.88. The van der Waals surface area contributed by atoms with E-state index in [9.17, 15) is 9.59 Å². The van der Waals surface area contributed by atoms with Crippen LogP contribution in [0, 0.1) is 0 Å². The van der Waals surface area contributed by atoms with Gasteiger partial charge in [0.2, 0.25) is 0 Å². The molecule has 0 spiro atoms. The van der Waals surface area contributed by atoms with Crippen LogP contribution in [0.25, 0.3) is 5.65 Å². The third kappa shape index (κ3) is 1.59. The molecule has 0 radical (unpaired) electrons. The van der Waals surface area contributed by atoms with Crippen LogP contribution in [0.15, 0.2) is 23.1 Å². The minimum Gasteiger partial charge on any atom is -0.480 e. The summed E-state index contributed by atoms with van der Waals surface area (Å²) in [6.45, 7) is -0.475. The fraction of sp³-hybridized carbons (Fsp3) is 0.125. The molecule has 0 saturated carbocycles. The van der Waals surface area contributed by atoms with Crippen LogP contribution in [0.3, 0.4) is 0 Å². The molecule has 2 heterocycles. The lowest BCUT2D eigenvalue weighted by Gasteiger charge is -1.89. The van der Waals surface area contributed by atoms with Crippen LogP contribution in [0.4, 0.5) is 0 Å². The van der Waals surface area contributed by atoms with Crippen molar-refractivity contribution in [3.05, 3.63) is 33.8 Å². The van der Waals surface area contributed by atoms with Gasteiger partial charge in [-0.3, -0.25) is 4.79 Å². The van der Waals surface area contributed by atoms with Gasteiger partial charge in [0.1, 0.15) is 6.54 Å². The molecule has 0 fully saturated rings. The first-order chi connectivity index (χ1) is 7.09. The normalized spacial score (nSPS) is 10.7. The maximum atomic E-state index is 11.6. The fourth-order valence-corrected chi connectivity index (χ4v) is 1.44. The molecule has 0 aliphatic heterocycles. The lowest BCUT2D eigenvalue weighted by molar-refractivity contribution is -0.137. The zero-order chi connectivity index (χ0) is 11.0. The van der Waals surface area contributed by atoms with E-state index in [2.05, 4.69) is 5.10 Å². The molecule has 0 atom stereocenters. The Morgan fingerprint density at radius 1 is 1.60 bits per heavy atom. The van der Waals surface area contributed by atoms with E-state index in [0.29, 0.717) is 5.02 Å². The van der Waals surface area contributed by atoms with E-state index in [0.717, 1.165) is 4.68 Å². The predicted molar refractivity (Wildman–Crippen MR) is 52.1 cm³/mol. The van der Waals surface area contributed by atoms with Gasteiger partial charge in [0.25, 0.3) is 0 Å². The molecule has 0 aliphatic rings. The van der Waals surface area contributed by atoms with Crippen molar-refractivity contribution in [2.45, 2.75) is 6.54 Å². The molecule has 15 heavy (non-hydrogen) atoms. The van der Waals surface area contributed by atoms with Crippen molar-refractivity contribution in [1.29, 1.82) is 0 Å². The van der Waals surface area contributed by atoms with Gasteiger partial charge in [-0.25, -0.2) is 13.9 Å². The number of halogens is 1. The Morgan fingerprint density at radius 2 is 2.33 bits per heavy atom. The minimum absolute atomic E-state index is 0.255. The summed E-state index contributed by atoms with van der Waals surface area (Å²) in [6.07, 6.45) is 1.48. The number of nitrogens with zero attached hydrogens (tertiary/aromatic N) is 3. The number of hydrogen-bond donors (Lipinski definition) is 1. The molecule has 2 aromatic rings. The second kappa shape index (κ2) is 3.39. The Bertz CT molecular complexity index is 586. The van der Waals surface area contributed by atoms with Crippen molar-refractivity contribution < 1.29 is 9.90 Å². The monoisotopic (exact) mass is 227 g/mol. The summed E-state index contributed by atoms with van der Waals surface area (Å²) >= 11 is 5.80. The van der Waals surface area contributed by atoms with Crippen LogP contribution >= 0.6 is 11.6 Å². The Balaban J connectivity index is 2.69. The van der Waals surface area contributed by atoms with Gasteiger partial charge in [-0.05, 0) is 12.1 Å². The van der Waals surface area contributed by atoms with Crippen molar-refractivity contribution in [1.82, 2.24) is 14.2 Å². The van der Waals surface area contributed by atoms with Crippen LogP contribution in [0.1, 0.15) is 0 Å². The molecular weight excluding hydrogens is 222 g/mol. The van der Waals surface area contributed by atoms with Crippen molar-refractivity contribution in [3.63, 3.8) is 0 Å². The van der Waals surface area contributed by atoms with Crippen molar-refractivity contribution in [2.75, 3.05) is 0 Å². The van der Waals surface area contributed by atoms with E-state index in [1.54, 1.807) is 12.1 Å². The standard InChI is InChI=1S/C8H6ClN3O3/c9-5-2-1-3-11-7(5)10-12(8(11)15)4-6(13)14/h1-3H,4H2,(H,13,14). The summed E-state index contributed by atoms with van der Waals surface area (Å²) in [5.41, 5.74) is -0.264. The number of carbonyl (C=O) groups is 1. The average Bonchev–Trinajstić information content (AvgIpc) is 2.46. The van der Waals surface area contributed by atoms with Gasteiger partial charge >= 0.3 is 11.7 Å². The van der Waals surface area contributed by atoms with E-state index < -0.39 is 18.2 Å². The molecule has 0 aromatic carbocycles. The summed E-state index contributed by atoms with van der Waals surface area (Å²) in [7, 11) is 0. The Kier molecular flexibility index (Phi) is 2.20. The van der Waals surface area contributed by atoms with E-state index in [-0.39, 0.29) is 5.65 Å². The van der Waals surface area contributed by atoms with Crippen molar-refractivity contribution in [3.8, 4) is 0 Å². The lowest BCUT2D eigenvalue weighted by Crippen LogP contribution is -2.24. The van der Waals surface area contributed by atoms with Gasteiger partial charge in [0.05, 0.1) is 5.02 Å². The van der Waals surface area contributed by atoms with Crippen LogP contribution < -0.4 is 5.69 Å². The molecule has 2 aromatic heterocycles. The first-order valence-electron chi connectivity index (χ1n) is 4.05. The number of carboxylic acid groups (broad SMARTS) is 1. The number of carboxylic acids is 1. The zero-order valence-electron chi connectivity index (χ0n) is 7.42. The van der Waals surface area contributed by atoms with Crippen LogP contribution in [-0.2, 0) is 11.3 Å². The van der Waals surface area contributed by atoms with Gasteiger partial charge in [-0.1, -0.05) is 11.6 Å². The highest BCUT2D eigenvalue weighted by atomic mass is 35.5. The largest absolute Gasteiger partial charge is 0.480 e. The summed E-state index contributed by atoms with van der Waals surface area (Å²) in [5, 5.41) is 12.7. The number of fused-ring (bicyclic) bond motifs is 1. The molecule has 2 rings (SSSR count). The van der Waals surface area contributed by atoms with E-state index in [1.165, 1.54) is 10.6 Å². The van der Waals surface area contributed by atoms with E-state index in [1.807, 2.05) is 0 Å². The predicted octanol–water partition coefficient (Wildman–Crippen LogP) is 0.234. The Morgan fingerprint density at radius 3 is 2.93 bits per heavy atom. The summed E-state index contributed by atoms with van der Waals surface area (Å²) in [6, 6.07) is 3.16. The van der Waals surface area contributed by atoms with Crippen molar-refractivity contribution >= 4 is 23.2 Å². The Labute approximate surface area is 88.3 Å². The SMILES string of the molecule is O=C(O)Cn1nc2c(Cl)cccn2c1=O. The maximum absolute atomic E-state index is 11.6. The van der Waals surface area contributed by atoms with Crippen LogP contribution in [0.5, 0.6) is 0 Å². The third-order valence-corrected chi connectivity index (χ3v) is 2.14.